The molecule has 10 heteroatoms. The van der Waals surface area contributed by atoms with E-state index in [1.54, 1.807) is 18.2 Å². The zero-order chi connectivity index (χ0) is 22.0. The molecule has 0 saturated heterocycles. The molecule has 0 bridgehead atoms. The number of methoxy groups -OCH3 is 2. The number of fused-ring (bicyclic) bond motifs is 1. The predicted octanol–water partition coefficient (Wildman–Crippen LogP) is 4.95. The van der Waals surface area contributed by atoms with E-state index in [9.17, 15) is 13.2 Å². The Morgan fingerprint density at radius 2 is 1.52 bits per heavy atom. The first-order chi connectivity index (χ1) is 15.0. The molecular formula is C21H16F3N5O2. The molecule has 4 rings (SSSR count). The van der Waals surface area contributed by atoms with E-state index >= 15 is 0 Å². The average Bonchev–Trinajstić information content (AvgIpc) is 2.77. The number of pyridine rings is 1. The number of nitrogens with zero attached hydrogens (tertiary/aromatic N) is 3. The van der Waals surface area contributed by atoms with Crippen LogP contribution in [0.5, 0.6) is 11.5 Å². The summed E-state index contributed by atoms with van der Waals surface area (Å²) in [4.78, 5) is 12.1. The predicted molar refractivity (Wildman–Crippen MR) is 110 cm³/mol. The van der Waals surface area contributed by atoms with E-state index in [1.807, 2.05) is 0 Å². The van der Waals surface area contributed by atoms with Crippen molar-refractivity contribution in [1.82, 2.24) is 15.0 Å². The van der Waals surface area contributed by atoms with Gasteiger partial charge in [-0.1, -0.05) is 0 Å². The van der Waals surface area contributed by atoms with Crippen molar-refractivity contribution in [2.75, 3.05) is 24.9 Å². The van der Waals surface area contributed by atoms with E-state index < -0.39 is 17.5 Å². The van der Waals surface area contributed by atoms with Crippen LogP contribution in [-0.2, 0) is 0 Å². The van der Waals surface area contributed by atoms with Gasteiger partial charge in [0.15, 0.2) is 34.8 Å². The Balaban J connectivity index is 1.59. The molecule has 0 spiro atoms. The first-order valence-electron chi connectivity index (χ1n) is 9.00. The molecule has 2 heterocycles. The number of hydrogen-bond acceptors (Lipinski definition) is 7. The van der Waals surface area contributed by atoms with Crippen LogP contribution < -0.4 is 20.1 Å². The normalized spacial score (nSPS) is 10.7. The van der Waals surface area contributed by atoms with Gasteiger partial charge in [0.05, 0.1) is 37.8 Å². The molecule has 0 saturated carbocycles. The monoisotopic (exact) mass is 427 g/mol. The molecular weight excluding hydrogens is 411 g/mol. The Morgan fingerprint density at radius 3 is 2.29 bits per heavy atom. The highest BCUT2D eigenvalue weighted by molar-refractivity contribution is 5.82. The second kappa shape index (κ2) is 8.34. The van der Waals surface area contributed by atoms with Crippen LogP contribution in [0.3, 0.4) is 0 Å². The molecule has 0 aliphatic heterocycles. The van der Waals surface area contributed by atoms with E-state index in [2.05, 4.69) is 25.6 Å². The minimum atomic E-state index is -0.999. The molecule has 0 unspecified atom stereocenters. The van der Waals surface area contributed by atoms with Gasteiger partial charge >= 0.3 is 0 Å². The van der Waals surface area contributed by atoms with E-state index in [4.69, 9.17) is 9.47 Å². The molecule has 2 aromatic carbocycles. The molecule has 0 aliphatic rings. The summed E-state index contributed by atoms with van der Waals surface area (Å²) in [7, 11) is 3.04. The van der Waals surface area contributed by atoms with E-state index in [0.29, 0.717) is 28.3 Å². The van der Waals surface area contributed by atoms with Crippen LogP contribution in [-0.4, -0.2) is 29.2 Å². The Kier molecular flexibility index (Phi) is 5.44. The third-order valence-corrected chi connectivity index (χ3v) is 4.37. The highest BCUT2D eigenvalue weighted by atomic mass is 19.2. The lowest BCUT2D eigenvalue weighted by molar-refractivity contribution is 0.355. The third-order valence-electron chi connectivity index (χ3n) is 4.37. The summed E-state index contributed by atoms with van der Waals surface area (Å²) in [5, 5.41) is 6.08. The molecule has 0 aliphatic carbocycles. The molecule has 7 nitrogen and oxygen atoms in total. The number of nitrogens with one attached hydrogen (secondary N) is 2. The van der Waals surface area contributed by atoms with Gasteiger partial charge in [0.1, 0.15) is 0 Å². The zero-order valence-electron chi connectivity index (χ0n) is 16.4. The van der Waals surface area contributed by atoms with Crippen molar-refractivity contribution in [3.05, 3.63) is 66.2 Å². The van der Waals surface area contributed by atoms with Crippen LogP contribution in [0.4, 0.5) is 36.3 Å². The van der Waals surface area contributed by atoms with E-state index in [0.717, 1.165) is 18.3 Å². The number of hydrogen-bond donors (Lipinski definition) is 2. The minimum absolute atomic E-state index is 0.123. The van der Waals surface area contributed by atoms with Crippen LogP contribution in [0.1, 0.15) is 0 Å². The molecule has 0 amide bonds. The first kappa shape index (κ1) is 20.2. The fourth-order valence-electron chi connectivity index (χ4n) is 2.89. The van der Waals surface area contributed by atoms with Crippen molar-refractivity contribution in [3.8, 4) is 11.5 Å². The topological polar surface area (TPSA) is 81.2 Å². The number of aromatic nitrogens is 3. The third kappa shape index (κ3) is 4.27. The standard InChI is InChI=1S/C21H16F3N5O2/c1-30-18-4-3-12(7-19(18)31-2)28-21-26-10-16(24)20(29-21)27-13-5-11-6-14(22)15(23)8-17(11)25-9-13/h3-10H,1-2H3,(H2,26,27,28,29). The van der Waals surface area contributed by atoms with Gasteiger partial charge < -0.3 is 20.1 Å². The molecule has 0 atom stereocenters. The molecule has 2 aromatic heterocycles. The summed E-state index contributed by atoms with van der Waals surface area (Å²) in [6.07, 6.45) is 2.37. The summed E-state index contributed by atoms with van der Waals surface area (Å²) >= 11 is 0. The quantitative estimate of drug-likeness (QED) is 0.451. The van der Waals surface area contributed by atoms with Gasteiger partial charge in [-0.25, -0.2) is 18.2 Å². The van der Waals surface area contributed by atoms with Crippen molar-refractivity contribution >= 4 is 34.0 Å². The molecule has 158 valence electrons. The Hall–Kier alpha value is -4.08. The van der Waals surface area contributed by atoms with Gasteiger partial charge in [-0.2, -0.15) is 4.98 Å². The number of benzene rings is 2. The van der Waals surface area contributed by atoms with Gasteiger partial charge in [0.2, 0.25) is 5.95 Å². The van der Waals surface area contributed by atoms with E-state index in [-0.39, 0.29) is 17.3 Å². The summed E-state index contributed by atoms with van der Waals surface area (Å²) < 4.78 is 51.6. The lowest BCUT2D eigenvalue weighted by atomic mass is 10.2. The van der Waals surface area contributed by atoms with Crippen molar-refractivity contribution < 1.29 is 22.6 Å². The molecule has 31 heavy (non-hydrogen) atoms. The largest absolute Gasteiger partial charge is 0.493 e. The maximum Gasteiger partial charge on any atom is 0.229 e. The highest BCUT2D eigenvalue weighted by Gasteiger charge is 2.11. The molecule has 4 aromatic rings. The first-order valence-corrected chi connectivity index (χ1v) is 9.00. The van der Waals surface area contributed by atoms with E-state index in [1.165, 1.54) is 26.5 Å². The van der Waals surface area contributed by atoms with Crippen LogP contribution in [0.25, 0.3) is 10.9 Å². The maximum atomic E-state index is 14.3. The van der Waals surface area contributed by atoms with Crippen LogP contribution in [0, 0.1) is 17.5 Å². The van der Waals surface area contributed by atoms with Crippen molar-refractivity contribution in [2.24, 2.45) is 0 Å². The Labute approximate surface area is 174 Å². The van der Waals surface area contributed by atoms with Gasteiger partial charge in [-0.3, -0.25) is 4.98 Å². The molecule has 0 fully saturated rings. The summed E-state index contributed by atoms with van der Waals surface area (Å²) in [5.41, 5.74) is 1.21. The fourth-order valence-corrected chi connectivity index (χ4v) is 2.89. The lowest BCUT2D eigenvalue weighted by Crippen LogP contribution is -2.04. The van der Waals surface area contributed by atoms with Crippen molar-refractivity contribution in [1.29, 1.82) is 0 Å². The zero-order valence-corrected chi connectivity index (χ0v) is 16.4. The van der Waals surface area contributed by atoms with Crippen molar-refractivity contribution in [2.45, 2.75) is 0 Å². The number of anilines is 4. The second-order valence-corrected chi connectivity index (χ2v) is 6.39. The average molecular weight is 427 g/mol. The van der Waals surface area contributed by atoms with Gasteiger partial charge in [0.25, 0.3) is 0 Å². The Bertz CT molecular complexity index is 1270. The van der Waals surface area contributed by atoms with Crippen LogP contribution >= 0.6 is 0 Å². The van der Waals surface area contributed by atoms with Gasteiger partial charge in [-0.05, 0) is 24.3 Å². The Morgan fingerprint density at radius 1 is 0.742 bits per heavy atom. The maximum absolute atomic E-state index is 14.3. The van der Waals surface area contributed by atoms with Crippen LogP contribution in [0.2, 0.25) is 0 Å². The van der Waals surface area contributed by atoms with Crippen LogP contribution in [0.15, 0.2) is 48.8 Å². The summed E-state index contributed by atoms with van der Waals surface area (Å²) in [6.45, 7) is 0. The lowest BCUT2D eigenvalue weighted by Gasteiger charge is -2.12. The number of rotatable bonds is 6. The van der Waals surface area contributed by atoms with Gasteiger partial charge in [0, 0.05) is 23.2 Å². The molecule has 0 radical (unpaired) electrons. The fraction of sp³-hybridized carbons (Fsp3) is 0.0952. The molecule has 2 N–H and O–H groups in total. The smallest absolute Gasteiger partial charge is 0.229 e. The second-order valence-electron chi connectivity index (χ2n) is 6.39. The minimum Gasteiger partial charge on any atom is -0.493 e. The van der Waals surface area contributed by atoms with Crippen molar-refractivity contribution in [3.63, 3.8) is 0 Å². The highest BCUT2D eigenvalue weighted by Crippen LogP contribution is 2.31. The number of ether oxygens (including phenoxy) is 2. The van der Waals surface area contributed by atoms with Gasteiger partial charge in [-0.15, -0.1) is 0 Å². The number of halogens is 3. The summed E-state index contributed by atoms with van der Waals surface area (Å²) in [5.74, 6) is -1.65. The summed E-state index contributed by atoms with van der Waals surface area (Å²) in [6, 6.07) is 8.62. The SMILES string of the molecule is COc1ccc(Nc2ncc(F)c(Nc3cnc4cc(F)c(F)cc4c3)n2)cc1OC.